The third-order valence-electron chi connectivity index (χ3n) is 3.54. The molecule has 4 rings (SSSR count). The number of nitrogens with zero attached hydrogens (tertiary/aromatic N) is 2. The summed E-state index contributed by atoms with van der Waals surface area (Å²) >= 11 is 1.40. The van der Waals surface area contributed by atoms with Crippen LogP contribution in [-0.2, 0) is 0 Å². The Labute approximate surface area is 129 Å². The van der Waals surface area contributed by atoms with Crippen molar-refractivity contribution >= 4 is 33.4 Å². The van der Waals surface area contributed by atoms with Gasteiger partial charge in [0.1, 0.15) is 5.75 Å². The van der Waals surface area contributed by atoms with Gasteiger partial charge in [-0.3, -0.25) is 4.79 Å². The van der Waals surface area contributed by atoms with Crippen LogP contribution >= 0.6 is 11.3 Å². The lowest BCUT2D eigenvalue weighted by atomic mass is 10.2. The Bertz CT molecular complexity index is 1080. The van der Waals surface area contributed by atoms with Gasteiger partial charge in [-0.15, -0.1) is 0 Å². The summed E-state index contributed by atoms with van der Waals surface area (Å²) in [7, 11) is 1.61. The number of methoxy groups -OCH3 is 1. The van der Waals surface area contributed by atoms with E-state index in [2.05, 4.69) is 4.98 Å². The highest BCUT2D eigenvalue weighted by molar-refractivity contribution is 7.15. The molecule has 2 aromatic carbocycles. The Balaban J connectivity index is 2.02. The molecular formula is C17H12N2O2S. The van der Waals surface area contributed by atoms with Crippen LogP contribution in [0.1, 0.15) is 5.56 Å². The van der Waals surface area contributed by atoms with Gasteiger partial charge < -0.3 is 4.74 Å². The molecule has 0 atom stereocenters. The van der Waals surface area contributed by atoms with Crippen molar-refractivity contribution in [3.8, 4) is 5.75 Å². The van der Waals surface area contributed by atoms with E-state index in [0.717, 1.165) is 16.6 Å². The van der Waals surface area contributed by atoms with E-state index < -0.39 is 0 Å². The fourth-order valence-corrected chi connectivity index (χ4v) is 3.46. The first kappa shape index (κ1) is 13.0. The predicted molar refractivity (Wildman–Crippen MR) is 88.6 cm³/mol. The predicted octanol–water partition coefficient (Wildman–Crippen LogP) is 2.47. The van der Waals surface area contributed by atoms with Crippen LogP contribution in [-0.4, -0.2) is 16.5 Å². The number of rotatable bonds is 2. The van der Waals surface area contributed by atoms with Crippen LogP contribution < -0.4 is 14.8 Å². The van der Waals surface area contributed by atoms with E-state index in [9.17, 15) is 4.79 Å². The van der Waals surface area contributed by atoms with Gasteiger partial charge in [-0.2, -0.15) is 0 Å². The van der Waals surface area contributed by atoms with Crippen molar-refractivity contribution in [2.45, 2.75) is 0 Å². The summed E-state index contributed by atoms with van der Waals surface area (Å²) in [6.07, 6.45) is 1.90. The van der Waals surface area contributed by atoms with E-state index in [0.29, 0.717) is 15.2 Å². The first-order chi connectivity index (χ1) is 10.8. The zero-order valence-corrected chi connectivity index (χ0v) is 12.6. The standard InChI is InChI=1S/C17H12N2O2S/c1-21-12-7-8-13-14(10-12)19-16(20)15(22-17(19)18-13)9-11-5-3-2-4-6-11/h2-10H,1H3/b15-9+. The Morgan fingerprint density at radius 3 is 2.77 bits per heavy atom. The summed E-state index contributed by atoms with van der Waals surface area (Å²) in [6.45, 7) is 0. The lowest BCUT2D eigenvalue weighted by Gasteiger charge is -1.97. The van der Waals surface area contributed by atoms with Gasteiger partial charge in [-0.1, -0.05) is 41.7 Å². The number of hydrogen-bond acceptors (Lipinski definition) is 4. The SMILES string of the molecule is COc1ccc2nc3s/c(=C/c4ccccc4)c(=O)n3c2c1. The average molecular weight is 308 g/mol. The number of fused-ring (bicyclic) bond motifs is 3. The molecule has 0 saturated heterocycles. The van der Waals surface area contributed by atoms with Gasteiger partial charge in [-0.25, -0.2) is 9.38 Å². The summed E-state index contributed by atoms with van der Waals surface area (Å²) in [5, 5.41) is 0. The molecule has 2 heterocycles. The zero-order valence-electron chi connectivity index (χ0n) is 11.8. The van der Waals surface area contributed by atoms with Crippen LogP contribution in [0.25, 0.3) is 22.1 Å². The van der Waals surface area contributed by atoms with Crippen LogP contribution in [0.3, 0.4) is 0 Å². The second-order valence-electron chi connectivity index (χ2n) is 4.91. The first-order valence-electron chi connectivity index (χ1n) is 6.82. The first-order valence-corrected chi connectivity index (χ1v) is 7.64. The van der Waals surface area contributed by atoms with E-state index in [4.69, 9.17) is 4.74 Å². The highest BCUT2D eigenvalue weighted by atomic mass is 32.1. The minimum Gasteiger partial charge on any atom is -0.497 e. The monoisotopic (exact) mass is 308 g/mol. The molecule has 0 aliphatic rings. The number of ether oxygens (including phenoxy) is 1. The molecule has 0 radical (unpaired) electrons. The smallest absolute Gasteiger partial charge is 0.274 e. The normalized spacial score (nSPS) is 12.3. The number of hydrogen-bond donors (Lipinski definition) is 0. The topological polar surface area (TPSA) is 43.6 Å². The molecule has 0 aliphatic carbocycles. The summed E-state index contributed by atoms with van der Waals surface area (Å²) in [6, 6.07) is 15.4. The molecule has 0 spiro atoms. The van der Waals surface area contributed by atoms with Gasteiger partial charge in [-0.05, 0) is 23.8 Å². The van der Waals surface area contributed by atoms with Crippen LogP contribution in [0.4, 0.5) is 0 Å². The molecule has 0 bridgehead atoms. The molecule has 4 nitrogen and oxygen atoms in total. The number of thiazole rings is 1. The fraction of sp³-hybridized carbons (Fsp3) is 0.0588. The van der Waals surface area contributed by atoms with Crippen molar-refractivity contribution in [2.24, 2.45) is 0 Å². The molecule has 0 amide bonds. The second kappa shape index (κ2) is 4.96. The largest absolute Gasteiger partial charge is 0.497 e. The quantitative estimate of drug-likeness (QED) is 0.571. The molecule has 0 fully saturated rings. The Morgan fingerprint density at radius 1 is 1.18 bits per heavy atom. The molecule has 0 aliphatic heterocycles. The van der Waals surface area contributed by atoms with Crippen molar-refractivity contribution in [3.63, 3.8) is 0 Å². The summed E-state index contributed by atoms with van der Waals surface area (Å²) in [4.78, 5) is 17.9. The number of benzene rings is 2. The molecule has 108 valence electrons. The molecule has 0 saturated carbocycles. The second-order valence-corrected chi connectivity index (χ2v) is 5.92. The van der Waals surface area contributed by atoms with Crippen LogP contribution in [0.5, 0.6) is 5.75 Å². The van der Waals surface area contributed by atoms with Gasteiger partial charge in [0.05, 0.1) is 22.7 Å². The lowest BCUT2D eigenvalue weighted by molar-refractivity contribution is 0.415. The third-order valence-corrected chi connectivity index (χ3v) is 4.51. The Hall–Kier alpha value is -2.66. The molecule has 4 aromatic rings. The fourth-order valence-electron chi connectivity index (χ4n) is 2.47. The van der Waals surface area contributed by atoms with E-state index in [1.807, 2.05) is 54.6 Å². The van der Waals surface area contributed by atoms with Crippen molar-refractivity contribution in [1.82, 2.24) is 9.38 Å². The van der Waals surface area contributed by atoms with Crippen molar-refractivity contribution < 1.29 is 4.74 Å². The van der Waals surface area contributed by atoms with Gasteiger partial charge >= 0.3 is 0 Å². The molecule has 0 unspecified atom stereocenters. The van der Waals surface area contributed by atoms with Crippen LogP contribution in [0.15, 0.2) is 53.3 Å². The van der Waals surface area contributed by atoms with Crippen molar-refractivity contribution in [2.75, 3.05) is 7.11 Å². The van der Waals surface area contributed by atoms with Gasteiger partial charge in [0.25, 0.3) is 5.56 Å². The summed E-state index contributed by atoms with van der Waals surface area (Å²) in [5.74, 6) is 0.716. The minimum absolute atomic E-state index is 0.0420. The maximum atomic E-state index is 12.7. The number of aromatic nitrogens is 2. The molecule has 0 N–H and O–H groups in total. The van der Waals surface area contributed by atoms with E-state index in [-0.39, 0.29) is 5.56 Å². The highest BCUT2D eigenvalue weighted by Crippen LogP contribution is 2.21. The van der Waals surface area contributed by atoms with E-state index >= 15 is 0 Å². The zero-order chi connectivity index (χ0) is 15.1. The molecule has 5 heteroatoms. The maximum Gasteiger partial charge on any atom is 0.274 e. The summed E-state index contributed by atoms with van der Waals surface area (Å²) in [5.41, 5.74) is 2.55. The van der Waals surface area contributed by atoms with Gasteiger partial charge in [0, 0.05) is 6.07 Å². The third kappa shape index (κ3) is 1.98. The molecular weight excluding hydrogens is 296 g/mol. The van der Waals surface area contributed by atoms with E-state index in [1.165, 1.54) is 11.3 Å². The molecule has 22 heavy (non-hydrogen) atoms. The van der Waals surface area contributed by atoms with Gasteiger partial charge in [0.15, 0.2) is 4.96 Å². The summed E-state index contributed by atoms with van der Waals surface area (Å²) < 4.78 is 7.56. The lowest BCUT2D eigenvalue weighted by Crippen LogP contribution is -2.22. The Morgan fingerprint density at radius 2 is 2.00 bits per heavy atom. The Kier molecular flexibility index (Phi) is 2.94. The van der Waals surface area contributed by atoms with E-state index in [1.54, 1.807) is 11.5 Å². The van der Waals surface area contributed by atoms with Crippen LogP contribution in [0, 0.1) is 0 Å². The van der Waals surface area contributed by atoms with Crippen molar-refractivity contribution in [3.05, 3.63) is 69.0 Å². The van der Waals surface area contributed by atoms with Gasteiger partial charge in [0.2, 0.25) is 0 Å². The van der Waals surface area contributed by atoms with Crippen molar-refractivity contribution in [1.29, 1.82) is 0 Å². The average Bonchev–Trinajstić information content (AvgIpc) is 3.05. The number of imidazole rings is 1. The maximum absolute atomic E-state index is 12.7. The minimum atomic E-state index is -0.0420. The molecule has 2 aromatic heterocycles. The highest BCUT2D eigenvalue weighted by Gasteiger charge is 2.11. The van der Waals surface area contributed by atoms with Crippen LogP contribution in [0.2, 0.25) is 0 Å².